The summed E-state index contributed by atoms with van der Waals surface area (Å²) in [5, 5.41) is 16.5. The van der Waals surface area contributed by atoms with E-state index in [1.165, 1.54) is 0 Å². The van der Waals surface area contributed by atoms with E-state index >= 15 is 0 Å². The third-order valence-corrected chi connectivity index (χ3v) is 2.78. The first-order chi connectivity index (χ1) is 8.92. The molecule has 3 amide bonds. The van der Waals surface area contributed by atoms with Crippen LogP contribution >= 0.6 is 0 Å². The zero-order chi connectivity index (χ0) is 14.8. The molecule has 7 heteroatoms. The first kappa shape index (κ1) is 17.2. The van der Waals surface area contributed by atoms with Crippen LogP contribution in [-0.2, 0) is 9.59 Å². The summed E-state index contributed by atoms with van der Waals surface area (Å²) in [6.07, 6.45) is 0.818. The number of aliphatic carboxylic acids is 1. The summed E-state index contributed by atoms with van der Waals surface area (Å²) in [6, 6.07) is -1.49. The summed E-state index contributed by atoms with van der Waals surface area (Å²) in [5.74, 6) is -1.38. The SMILES string of the molecule is CCNC(=O)CCNC(=O)N[C@H](C(=O)O)[C@@H](C)CC. The number of carboxylic acid groups (broad SMARTS) is 1. The number of hydrogen-bond acceptors (Lipinski definition) is 3. The van der Waals surface area contributed by atoms with Crippen molar-refractivity contribution in [2.45, 2.75) is 39.7 Å². The highest BCUT2D eigenvalue weighted by Crippen LogP contribution is 2.07. The molecule has 0 rings (SSSR count). The van der Waals surface area contributed by atoms with Gasteiger partial charge in [0.05, 0.1) is 0 Å². The van der Waals surface area contributed by atoms with Gasteiger partial charge in [-0.05, 0) is 12.8 Å². The highest BCUT2D eigenvalue weighted by molar-refractivity contribution is 5.83. The molecule has 0 aromatic rings. The summed E-state index contributed by atoms with van der Waals surface area (Å²) >= 11 is 0. The summed E-state index contributed by atoms with van der Waals surface area (Å²) in [7, 11) is 0. The normalized spacial score (nSPS) is 13.2. The lowest BCUT2D eigenvalue weighted by molar-refractivity contribution is -0.140. The molecule has 0 fully saturated rings. The second-order valence-corrected chi connectivity index (χ2v) is 4.31. The molecule has 4 N–H and O–H groups in total. The first-order valence-electron chi connectivity index (χ1n) is 6.46. The molecular weight excluding hydrogens is 250 g/mol. The minimum Gasteiger partial charge on any atom is -0.480 e. The first-order valence-corrected chi connectivity index (χ1v) is 6.46. The van der Waals surface area contributed by atoms with Gasteiger partial charge in [0.1, 0.15) is 6.04 Å². The average Bonchev–Trinajstić information content (AvgIpc) is 2.35. The monoisotopic (exact) mass is 273 g/mol. The number of urea groups is 1. The van der Waals surface area contributed by atoms with Gasteiger partial charge in [-0.3, -0.25) is 4.79 Å². The molecule has 0 aromatic carbocycles. The van der Waals surface area contributed by atoms with E-state index in [9.17, 15) is 14.4 Å². The van der Waals surface area contributed by atoms with Crippen LogP contribution < -0.4 is 16.0 Å². The Bertz CT molecular complexity index is 320. The Morgan fingerprint density at radius 1 is 1.16 bits per heavy atom. The third-order valence-electron chi connectivity index (χ3n) is 2.78. The number of hydrogen-bond donors (Lipinski definition) is 4. The van der Waals surface area contributed by atoms with Crippen LogP contribution in [0, 0.1) is 5.92 Å². The summed E-state index contributed by atoms with van der Waals surface area (Å²) in [4.78, 5) is 33.6. The lowest BCUT2D eigenvalue weighted by atomic mass is 9.99. The smallest absolute Gasteiger partial charge is 0.326 e. The van der Waals surface area contributed by atoms with Gasteiger partial charge < -0.3 is 21.1 Å². The molecule has 0 aromatic heterocycles. The zero-order valence-electron chi connectivity index (χ0n) is 11.7. The molecule has 0 bridgehead atoms. The number of rotatable bonds is 8. The number of carboxylic acids is 1. The summed E-state index contributed by atoms with van der Waals surface area (Å²) in [5.41, 5.74) is 0. The minimum absolute atomic E-state index is 0.153. The summed E-state index contributed by atoms with van der Waals surface area (Å²) in [6.45, 7) is 6.13. The van der Waals surface area contributed by atoms with Crippen molar-refractivity contribution in [2.24, 2.45) is 5.92 Å². The van der Waals surface area contributed by atoms with Crippen molar-refractivity contribution >= 4 is 17.9 Å². The van der Waals surface area contributed by atoms with E-state index in [1.807, 2.05) is 13.8 Å². The Labute approximate surface area is 113 Å². The molecule has 0 unspecified atom stereocenters. The zero-order valence-corrected chi connectivity index (χ0v) is 11.7. The van der Waals surface area contributed by atoms with E-state index in [0.29, 0.717) is 13.0 Å². The van der Waals surface area contributed by atoms with Crippen LogP contribution in [0.5, 0.6) is 0 Å². The van der Waals surface area contributed by atoms with E-state index < -0.39 is 18.0 Å². The van der Waals surface area contributed by atoms with Gasteiger partial charge in [-0.2, -0.15) is 0 Å². The van der Waals surface area contributed by atoms with Crippen LogP contribution in [-0.4, -0.2) is 42.1 Å². The molecule has 0 radical (unpaired) electrons. The predicted octanol–water partition coefficient (Wildman–Crippen LogP) is 0.311. The van der Waals surface area contributed by atoms with E-state index in [2.05, 4.69) is 16.0 Å². The van der Waals surface area contributed by atoms with Gasteiger partial charge in [0, 0.05) is 19.5 Å². The number of amides is 3. The van der Waals surface area contributed by atoms with Crippen LogP contribution in [0.2, 0.25) is 0 Å². The van der Waals surface area contributed by atoms with Crippen molar-refractivity contribution in [2.75, 3.05) is 13.1 Å². The molecule has 110 valence electrons. The molecule has 2 atom stereocenters. The van der Waals surface area contributed by atoms with Crippen molar-refractivity contribution < 1.29 is 19.5 Å². The van der Waals surface area contributed by atoms with E-state index in [-0.39, 0.29) is 24.8 Å². The van der Waals surface area contributed by atoms with Gasteiger partial charge in [-0.15, -0.1) is 0 Å². The van der Waals surface area contributed by atoms with Gasteiger partial charge in [0.2, 0.25) is 5.91 Å². The lowest BCUT2D eigenvalue weighted by Crippen LogP contribution is -2.49. The Kier molecular flexibility index (Phi) is 8.32. The lowest BCUT2D eigenvalue weighted by Gasteiger charge is -2.20. The molecule has 19 heavy (non-hydrogen) atoms. The van der Waals surface area contributed by atoms with Crippen LogP contribution in [0.25, 0.3) is 0 Å². The van der Waals surface area contributed by atoms with Crippen LogP contribution in [0.15, 0.2) is 0 Å². The predicted molar refractivity (Wildman–Crippen MR) is 70.7 cm³/mol. The van der Waals surface area contributed by atoms with Gasteiger partial charge in [-0.1, -0.05) is 20.3 Å². The van der Waals surface area contributed by atoms with Gasteiger partial charge in [0.25, 0.3) is 0 Å². The van der Waals surface area contributed by atoms with Crippen LogP contribution in [0.4, 0.5) is 4.79 Å². The molecule has 0 aliphatic carbocycles. The summed E-state index contributed by atoms with van der Waals surface area (Å²) < 4.78 is 0. The number of carbonyl (C=O) groups excluding carboxylic acids is 2. The van der Waals surface area contributed by atoms with Crippen molar-refractivity contribution in [3.8, 4) is 0 Å². The Morgan fingerprint density at radius 2 is 1.79 bits per heavy atom. The van der Waals surface area contributed by atoms with Crippen LogP contribution in [0.3, 0.4) is 0 Å². The standard InChI is InChI=1S/C12H23N3O4/c1-4-8(3)10(11(17)18)15-12(19)14-7-6-9(16)13-5-2/h8,10H,4-7H2,1-3H3,(H,13,16)(H,17,18)(H2,14,15,19)/t8-,10-/m0/s1. The number of nitrogens with one attached hydrogen (secondary N) is 3. The second-order valence-electron chi connectivity index (χ2n) is 4.31. The molecule has 0 saturated heterocycles. The van der Waals surface area contributed by atoms with Gasteiger partial charge in [-0.25, -0.2) is 9.59 Å². The highest BCUT2D eigenvalue weighted by Gasteiger charge is 2.25. The van der Waals surface area contributed by atoms with E-state index in [4.69, 9.17) is 5.11 Å². The van der Waals surface area contributed by atoms with E-state index in [0.717, 1.165) is 0 Å². The highest BCUT2D eigenvalue weighted by atomic mass is 16.4. The van der Waals surface area contributed by atoms with Gasteiger partial charge in [0.15, 0.2) is 0 Å². The van der Waals surface area contributed by atoms with Crippen molar-refractivity contribution in [3.63, 3.8) is 0 Å². The maximum Gasteiger partial charge on any atom is 0.326 e. The topological polar surface area (TPSA) is 108 Å². The average molecular weight is 273 g/mol. The van der Waals surface area contributed by atoms with Crippen molar-refractivity contribution in [1.29, 1.82) is 0 Å². The molecule has 0 heterocycles. The quantitative estimate of drug-likeness (QED) is 0.510. The third kappa shape index (κ3) is 7.28. The molecule has 0 saturated carbocycles. The minimum atomic E-state index is -1.06. The largest absolute Gasteiger partial charge is 0.480 e. The van der Waals surface area contributed by atoms with Crippen LogP contribution in [0.1, 0.15) is 33.6 Å². The molecule has 0 spiro atoms. The number of carbonyl (C=O) groups is 3. The van der Waals surface area contributed by atoms with Crippen molar-refractivity contribution in [3.05, 3.63) is 0 Å². The maximum absolute atomic E-state index is 11.5. The van der Waals surface area contributed by atoms with E-state index in [1.54, 1.807) is 6.92 Å². The molecule has 7 nitrogen and oxygen atoms in total. The Hall–Kier alpha value is -1.79. The Balaban J connectivity index is 4.07. The Morgan fingerprint density at radius 3 is 2.26 bits per heavy atom. The maximum atomic E-state index is 11.5. The molecule has 0 aliphatic heterocycles. The van der Waals surface area contributed by atoms with Crippen molar-refractivity contribution in [1.82, 2.24) is 16.0 Å². The molecule has 0 aliphatic rings. The second kappa shape index (κ2) is 9.18. The molecular formula is C12H23N3O4. The fourth-order valence-corrected chi connectivity index (χ4v) is 1.45. The fourth-order valence-electron chi connectivity index (χ4n) is 1.45. The van der Waals surface area contributed by atoms with Gasteiger partial charge >= 0.3 is 12.0 Å². The fraction of sp³-hybridized carbons (Fsp3) is 0.750.